The first-order valence-corrected chi connectivity index (χ1v) is 10.0. The first-order chi connectivity index (χ1) is 12.1. The smallest absolute Gasteiger partial charge is 0.241 e. The molecule has 0 radical (unpaired) electrons. The molecule has 1 aliphatic carbocycles. The van der Waals surface area contributed by atoms with Crippen LogP contribution in [0.4, 0.5) is 0 Å². The van der Waals surface area contributed by atoms with E-state index in [0.29, 0.717) is 25.8 Å². The van der Waals surface area contributed by atoms with Crippen LogP contribution >= 0.6 is 0 Å². The van der Waals surface area contributed by atoms with Gasteiger partial charge in [-0.2, -0.15) is 0 Å². The Morgan fingerprint density at radius 1 is 1.04 bits per heavy atom. The average Bonchev–Trinajstić information content (AvgIpc) is 3.15. The molecule has 5 nitrogen and oxygen atoms in total. The number of sulfone groups is 1. The molecule has 1 saturated carbocycles. The Morgan fingerprint density at radius 2 is 1.72 bits per heavy atom. The van der Waals surface area contributed by atoms with Crippen LogP contribution in [0, 0.1) is 0 Å². The summed E-state index contributed by atoms with van der Waals surface area (Å²) in [7, 11) is -3.72. The minimum absolute atomic E-state index is 0.219. The van der Waals surface area contributed by atoms with Crippen LogP contribution in [0.1, 0.15) is 31.4 Å². The number of hydrogen-bond acceptors (Lipinski definition) is 4. The lowest BCUT2D eigenvalue weighted by atomic mass is 10.1. The summed E-state index contributed by atoms with van der Waals surface area (Å²) in [6, 6.07) is 13.9. The molecule has 2 aromatic rings. The minimum atomic E-state index is -3.72. The van der Waals surface area contributed by atoms with Gasteiger partial charge in [-0.15, -0.1) is 0 Å². The lowest BCUT2D eigenvalue weighted by Gasteiger charge is -2.27. The highest BCUT2D eigenvalue weighted by molar-refractivity contribution is 7.93. The van der Waals surface area contributed by atoms with Gasteiger partial charge >= 0.3 is 0 Å². The van der Waals surface area contributed by atoms with E-state index in [1.165, 1.54) is 0 Å². The van der Waals surface area contributed by atoms with Crippen molar-refractivity contribution in [2.24, 2.45) is 0 Å². The van der Waals surface area contributed by atoms with E-state index in [1.807, 2.05) is 18.2 Å². The molecule has 1 heterocycles. The Bertz CT molecular complexity index is 814. The van der Waals surface area contributed by atoms with Crippen LogP contribution in [0.2, 0.25) is 0 Å². The molecule has 1 aromatic carbocycles. The van der Waals surface area contributed by atoms with E-state index >= 15 is 0 Å². The first-order valence-electron chi connectivity index (χ1n) is 8.54. The maximum atomic E-state index is 13.2. The van der Waals surface area contributed by atoms with E-state index in [2.05, 4.69) is 10.3 Å². The van der Waals surface area contributed by atoms with Gasteiger partial charge in [-0.25, -0.2) is 8.42 Å². The number of benzene rings is 1. The van der Waals surface area contributed by atoms with Gasteiger partial charge < -0.3 is 5.32 Å². The highest BCUT2D eigenvalue weighted by Gasteiger charge is 2.52. The molecule has 0 saturated heterocycles. The Balaban J connectivity index is 1.77. The average molecular weight is 358 g/mol. The van der Waals surface area contributed by atoms with E-state index in [0.717, 1.165) is 18.5 Å². The minimum Gasteiger partial charge on any atom is -0.354 e. The van der Waals surface area contributed by atoms with Crippen molar-refractivity contribution in [3.05, 3.63) is 60.4 Å². The maximum Gasteiger partial charge on any atom is 0.241 e. The van der Waals surface area contributed by atoms with Gasteiger partial charge in [-0.3, -0.25) is 9.78 Å². The van der Waals surface area contributed by atoms with Crippen molar-refractivity contribution < 1.29 is 13.2 Å². The number of amides is 1. The normalized spacial score (nSPS) is 16.5. The molecular formula is C19H22N2O3S. The molecular weight excluding hydrogens is 336 g/mol. The number of rotatable bonds is 6. The first kappa shape index (κ1) is 17.6. The van der Waals surface area contributed by atoms with Gasteiger partial charge in [0.25, 0.3) is 0 Å². The summed E-state index contributed by atoms with van der Waals surface area (Å²) in [5.74, 6) is -0.384. The van der Waals surface area contributed by atoms with Crippen molar-refractivity contribution in [3.63, 3.8) is 0 Å². The topological polar surface area (TPSA) is 76.1 Å². The Labute approximate surface area is 148 Å². The third kappa shape index (κ3) is 3.44. The van der Waals surface area contributed by atoms with E-state index in [4.69, 9.17) is 0 Å². The number of carbonyl (C=O) groups excluding carboxylic acids is 1. The van der Waals surface area contributed by atoms with E-state index in [-0.39, 0.29) is 10.8 Å². The predicted molar refractivity (Wildman–Crippen MR) is 95.8 cm³/mol. The summed E-state index contributed by atoms with van der Waals surface area (Å²) < 4.78 is 25.0. The molecule has 25 heavy (non-hydrogen) atoms. The maximum absolute atomic E-state index is 13.2. The van der Waals surface area contributed by atoms with Crippen molar-refractivity contribution >= 4 is 15.7 Å². The van der Waals surface area contributed by atoms with Crippen molar-refractivity contribution in [3.8, 4) is 0 Å². The summed E-state index contributed by atoms with van der Waals surface area (Å²) in [6.45, 7) is 0.377. The molecule has 3 rings (SSSR count). The lowest BCUT2D eigenvalue weighted by Crippen LogP contribution is -2.51. The molecule has 0 unspecified atom stereocenters. The Kier molecular flexibility index (Phi) is 5.18. The molecule has 0 aliphatic heterocycles. The number of nitrogens with one attached hydrogen (secondary N) is 1. The second kappa shape index (κ2) is 7.35. The summed E-state index contributed by atoms with van der Waals surface area (Å²) >= 11 is 0. The van der Waals surface area contributed by atoms with Gasteiger partial charge in [0.15, 0.2) is 14.6 Å². The fourth-order valence-electron chi connectivity index (χ4n) is 3.40. The summed E-state index contributed by atoms with van der Waals surface area (Å²) in [6.07, 6.45) is 4.53. The SMILES string of the molecule is O=C(NCCc1ccccn1)C1(S(=O)(=O)c2ccccc2)CCCC1. The number of nitrogens with zero attached hydrogens (tertiary/aromatic N) is 1. The zero-order valence-corrected chi connectivity index (χ0v) is 14.8. The lowest BCUT2D eigenvalue weighted by molar-refractivity contribution is -0.123. The van der Waals surface area contributed by atoms with Crippen LogP contribution in [0.5, 0.6) is 0 Å². The molecule has 1 aliphatic rings. The third-order valence-electron chi connectivity index (χ3n) is 4.79. The molecule has 1 aromatic heterocycles. The molecule has 6 heteroatoms. The second-order valence-electron chi connectivity index (χ2n) is 6.34. The third-order valence-corrected chi connectivity index (χ3v) is 7.30. The molecule has 1 amide bonds. The molecule has 0 spiro atoms. The van der Waals surface area contributed by atoms with Crippen LogP contribution in [0.25, 0.3) is 0 Å². The van der Waals surface area contributed by atoms with E-state index in [1.54, 1.807) is 36.5 Å². The molecule has 0 bridgehead atoms. The van der Waals surface area contributed by atoms with Crippen molar-refractivity contribution in [1.29, 1.82) is 0 Å². The van der Waals surface area contributed by atoms with Gasteiger partial charge in [-0.1, -0.05) is 37.1 Å². The summed E-state index contributed by atoms with van der Waals surface area (Å²) in [4.78, 5) is 17.3. The van der Waals surface area contributed by atoms with Gasteiger partial charge in [0.1, 0.15) is 0 Å². The van der Waals surface area contributed by atoms with Gasteiger partial charge in [0, 0.05) is 24.9 Å². The summed E-state index contributed by atoms with van der Waals surface area (Å²) in [5, 5.41) is 2.83. The number of hydrogen-bond donors (Lipinski definition) is 1. The largest absolute Gasteiger partial charge is 0.354 e. The monoisotopic (exact) mass is 358 g/mol. The highest BCUT2D eigenvalue weighted by atomic mass is 32.2. The predicted octanol–water partition coefficient (Wildman–Crippen LogP) is 2.53. The van der Waals surface area contributed by atoms with E-state index < -0.39 is 14.6 Å². The second-order valence-corrected chi connectivity index (χ2v) is 8.60. The number of carbonyl (C=O) groups is 1. The highest BCUT2D eigenvalue weighted by Crippen LogP contribution is 2.40. The number of pyridine rings is 1. The fraction of sp³-hybridized carbons (Fsp3) is 0.368. The van der Waals surface area contributed by atoms with Crippen LogP contribution in [-0.4, -0.2) is 30.6 Å². The molecule has 0 atom stereocenters. The van der Waals surface area contributed by atoms with Crippen molar-refractivity contribution in [2.75, 3.05) is 6.54 Å². The molecule has 1 N–H and O–H groups in total. The van der Waals surface area contributed by atoms with E-state index in [9.17, 15) is 13.2 Å². The van der Waals surface area contributed by atoms with Crippen LogP contribution in [-0.2, 0) is 21.1 Å². The fourth-order valence-corrected chi connectivity index (χ4v) is 5.51. The summed E-state index contributed by atoms with van der Waals surface area (Å²) in [5.41, 5.74) is 0.870. The number of aromatic nitrogens is 1. The Hall–Kier alpha value is -2.21. The van der Waals surface area contributed by atoms with Gasteiger partial charge in [-0.05, 0) is 37.1 Å². The van der Waals surface area contributed by atoms with Crippen LogP contribution in [0.15, 0.2) is 59.6 Å². The zero-order valence-electron chi connectivity index (χ0n) is 14.0. The molecule has 1 fully saturated rings. The van der Waals surface area contributed by atoms with Crippen molar-refractivity contribution in [2.45, 2.75) is 41.7 Å². The van der Waals surface area contributed by atoms with Crippen LogP contribution < -0.4 is 5.32 Å². The zero-order chi connectivity index (χ0) is 17.8. The Morgan fingerprint density at radius 3 is 2.36 bits per heavy atom. The van der Waals surface area contributed by atoms with Gasteiger partial charge in [0.05, 0.1) is 4.90 Å². The van der Waals surface area contributed by atoms with Gasteiger partial charge in [0.2, 0.25) is 5.91 Å². The quantitative estimate of drug-likeness (QED) is 0.861. The van der Waals surface area contributed by atoms with Crippen LogP contribution in [0.3, 0.4) is 0 Å². The molecule has 132 valence electrons. The standard InChI is InChI=1S/C19H22N2O3S/c22-18(21-15-11-16-8-4-7-14-20-16)19(12-5-6-13-19)25(23,24)17-9-2-1-3-10-17/h1-4,7-10,14H,5-6,11-13,15H2,(H,21,22). The van der Waals surface area contributed by atoms with Crippen molar-refractivity contribution in [1.82, 2.24) is 10.3 Å².